The van der Waals surface area contributed by atoms with E-state index in [1.165, 1.54) is 0 Å². The summed E-state index contributed by atoms with van der Waals surface area (Å²) in [6, 6.07) is 6.73. The molecule has 1 aromatic rings. The van der Waals surface area contributed by atoms with Gasteiger partial charge in [-0.3, -0.25) is 14.9 Å². The molecular formula is C19H27ClN4O3. The molecule has 0 radical (unpaired) electrons. The van der Waals surface area contributed by atoms with Gasteiger partial charge in [0.05, 0.1) is 0 Å². The third-order valence-electron chi connectivity index (χ3n) is 5.23. The Morgan fingerprint density at radius 1 is 1.19 bits per heavy atom. The maximum atomic E-state index is 13.0. The van der Waals surface area contributed by atoms with E-state index in [4.69, 9.17) is 0 Å². The largest absolute Gasteiger partial charge is 0.336 e. The van der Waals surface area contributed by atoms with Crippen LogP contribution in [0.3, 0.4) is 0 Å². The number of hydrogen-bond donors (Lipinski definition) is 3. The van der Waals surface area contributed by atoms with Gasteiger partial charge >= 0.3 is 6.03 Å². The molecule has 1 unspecified atom stereocenters. The number of nitrogens with one attached hydrogen (secondary N) is 3. The van der Waals surface area contributed by atoms with Gasteiger partial charge in [0.2, 0.25) is 0 Å². The lowest BCUT2D eigenvalue weighted by Crippen LogP contribution is -2.46. The summed E-state index contributed by atoms with van der Waals surface area (Å²) in [5.74, 6) is -0.362. The highest BCUT2D eigenvalue weighted by Crippen LogP contribution is 2.25. The molecule has 8 heteroatoms. The highest BCUT2D eigenvalue weighted by molar-refractivity contribution is 6.07. The first-order valence-corrected chi connectivity index (χ1v) is 9.21. The Hall–Kier alpha value is -2.12. The molecule has 0 aromatic heterocycles. The highest BCUT2D eigenvalue weighted by Gasteiger charge is 2.43. The van der Waals surface area contributed by atoms with Crippen LogP contribution in [0.25, 0.3) is 0 Å². The molecule has 27 heavy (non-hydrogen) atoms. The fourth-order valence-electron chi connectivity index (χ4n) is 3.67. The average molecular weight is 395 g/mol. The Kier molecular flexibility index (Phi) is 6.84. The van der Waals surface area contributed by atoms with E-state index < -0.39 is 11.6 Å². The normalized spacial score (nSPS) is 22.6. The standard InChI is InChI=1S/C19H26N4O3.ClH/c1-3-12-23(15-8-10-20-11-9-15)16(24)13-4-6-14(7-5-13)19(2)17(25)21-18(26)22-19;/h4-7,15,20H,3,8-12H2,1-2H3,(H2,21,22,25,26);1H. The van der Waals surface area contributed by atoms with Crippen LogP contribution in [-0.2, 0) is 10.3 Å². The van der Waals surface area contributed by atoms with Crippen LogP contribution < -0.4 is 16.0 Å². The minimum atomic E-state index is -1.10. The van der Waals surface area contributed by atoms with Crippen LogP contribution in [0.4, 0.5) is 4.79 Å². The topological polar surface area (TPSA) is 90.5 Å². The second-order valence-electron chi connectivity index (χ2n) is 7.09. The number of nitrogens with zero attached hydrogens (tertiary/aromatic N) is 1. The number of rotatable bonds is 5. The maximum Gasteiger partial charge on any atom is 0.322 e. The molecule has 2 aliphatic rings. The summed E-state index contributed by atoms with van der Waals surface area (Å²) in [5.41, 5.74) is 0.159. The molecule has 0 spiro atoms. The summed E-state index contributed by atoms with van der Waals surface area (Å²) in [4.78, 5) is 38.5. The molecule has 2 saturated heterocycles. The van der Waals surface area contributed by atoms with E-state index in [0.29, 0.717) is 11.1 Å². The number of amides is 4. The zero-order chi connectivity index (χ0) is 18.7. The molecular weight excluding hydrogens is 368 g/mol. The van der Waals surface area contributed by atoms with Crippen molar-refractivity contribution in [1.82, 2.24) is 20.9 Å². The summed E-state index contributed by atoms with van der Waals surface area (Å²) in [5, 5.41) is 8.22. The Morgan fingerprint density at radius 2 is 1.81 bits per heavy atom. The van der Waals surface area contributed by atoms with Crippen molar-refractivity contribution in [3.05, 3.63) is 35.4 Å². The second kappa shape index (κ2) is 8.71. The van der Waals surface area contributed by atoms with E-state index in [1.807, 2.05) is 4.90 Å². The molecule has 7 nitrogen and oxygen atoms in total. The van der Waals surface area contributed by atoms with Gasteiger partial charge in [0.15, 0.2) is 0 Å². The quantitative estimate of drug-likeness (QED) is 0.664. The molecule has 1 aromatic carbocycles. The van der Waals surface area contributed by atoms with Gasteiger partial charge in [-0.25, -0.2) is 4.79 Å². The van der Waals surface area contributed by atoms with Crippen molar-refractivity contribution in [2.24, 2.45) is 0 Å². The van der Waals surface area contributed by atoms with Crippen molar-refractivity contribution in [3.8, 4) is 0 Å². The lowest BCUT2D eigenvalue weighted by atomic mass is 9.91. The third kappa shape index (κ3) is 4.25. The molecule has 2 heterocycles. The highest BCUT2D eigenvalue weighted by atomic mass is 35.5. The molecule has 0 aliphatic carbocycles. The Bertz CT molecular complexity index is 703. The second-order valence-corrected chi connectivity index (χ2v) is 7.09. The lowest BCUT2D eigenvalue weighted by Gasteiger charge is -2.34. The number of hydrogen-bond acceptors (Lipinski definition) is 4. The molecule has 4 amide bonds. The van der Waals surface area contributed by atoms with E-state index in [1.54, 1.807) is 31.2 Å². The summed E-state index contributed by atoms with van der Waals surface area (Å²) in [6.45, 7) is 6.34. The molecule has 2 aliphatic heterocycles. The van der Waals surface area contributed by atoms with E-state index in [0.717, 1.165) is 38.9 Å². The van der Waals surface area contributed by atoms with E-state index >= 15 is 0 Å². The summed E-state index contributed by atoms with van der Waals surface area (Å²) in [7, 11) is 0. The summed E-state index contributed by atoms with van der Waals surface area (Å²) < 4.78 is 0. The first kappa shape index (κ1) is 21.2. The van der Waals surface area contributed by atoms with Crippen LogP contribution in [0.5, 0.6) is 0 Å². The molecule has 148 valence electrons. The number of piperidine rings is 1. The Labute approximate surface area is 165 Å². The van der Waals surface area contributed by atoms with E-state index in [-0.39, 0.29) is 30.3 Å². The number of urea groups is 1. The van der Waals surface area contributed by atoms with Crippen LogP contribution in [0.1, 0.15) is 49.0 Å². The number of halogens is 1. The van der Waals surface area contributed by atoms with Gasteiger partial charge in [-0.2, -0.15) is 0 Å². The minimum Gasteiger partial charge on any atom is -0.336 e. The fraction of sp³-hybridized carbons (Fsp3) is 0.526. The third-order valence-corrected chi connectivity index (χ3v) is 5.23. The van der Waals surface area contributed by atoms with Crippen LogP contribution in [-0.4, -0.2) is 48.4 Å². The van der Waals surface area contributed by atoms with Crippen molar-refractivity contribution < 1.29 is 14.4 Å². The predicted molar refractivity (Wildman–Crippen MR) is 105 cm³/mol. The summed E-state index contributed by atoms with van der Waals surface area (Å²) in [6.07, 6.45) is 2.85. The van der Waals surface area contributed by atoms with Crippen LogP contribution in [0, 0.1) is 0 Å². The van der Waals surface area contributed by atoms with Crippen molar-refractivity contribution in [2.75, 3.05) is 19.6 Å². The number of carbonyl (C=O) groups excluding carboxylic acids is 3. The monoisotopic (exact) mass is 394 g/mol. The minimum absolute atomic E-state index is 0. The molecule has 3 N–H and O–H groups in total. The van der Waals surface area contributed by atoms with Gasteiger partial charge in [0.1, 0.15) is 5.54 Å². The Balaban J connectivity index is 0.00000261. The van der Waals surface area contributed by atoms with Crippen molar-refractivity contribution in [1.29, 1.82) is 0 Å². The zero-order valence-electron chi connectivity index (χ0n) is 15.7. The SMILES string of the molecule is CCCN(C(=O)c1ccc(C2(C)NC(=O)NC2=O)cc1)C1CCNCC1.Cl. The predicted octanol–water partition coefficient (Wildman–Crippen LogP) is 1.77. The molecule has 0 bridgehead atoms. The fourth-order valence-corrected chi connectivity index (χ4v) is 3.67. The molecule has 0 saturated carbocycles. The first-order chi connectivity index (χ1) is 12.5. The average Bonchev–Trinajstić information content (AvgIpc) is 2.93. The maximum absolute atomic E-state index is 13.0. The van der Waals surface area contributed by atoms with E-state index in [2.05, 4.69) is 22.9 Å². The smallest absolute Gasteiger partial charge is 0.322 e. The molecule has 3 rings (SSSR count). The van der Waals surface area contributed by atoms with Crippen molar-refractivity contribution in [3.63, 3.8) is 0 Å². The number of benzene rings is 1. The summed E-state index contributed by atoms with van der Waals surface area (Å²) >= 11 is 0. The Morgan fingerprint density at radius 3 is 2.33 bits per heavy atom. The van der Waals surface area contributed by atoms with Crippen LogP contribution in [0.15, 0.2) is 24.3 Å². The lowest BCUT2D eigenvalue weighted by molar-refractivity contribution is -0.123. The zero-order valence-corrected chi connectivity index (χ0v) is 16.5. The van der Waals surface area contributed by atoms with Gasteiger partial charge < -0.3 is 15.5 Å². The molecule has 2 fully saturated rings. The van der Waals surface area contributed by atoms with Crippen LogP contribution >= 0.6 is 12.4 Å². The van der Waals surface area contributed by atoms with Crippen molar-refractivity contribution in [2.45, 2.75) is 44.7 Å². The van der Waals surface area contributed by atoms with Crippen molar-refractivity contribution >= 4 is 30.3 Å². The van der Waals surface area contributed by atoms with Gasteiger partial charge in [-0.15, -0.1) is 12.4 Å². The van der Waals surface area contributed by atoms with Gasteiger partial charge in [0, 0.05) is 18.2 Å². The number of carbonyl (C=O) groups is 3. The first-order valence-electron chi connectivity index (χ1n) is 9.21. The van der Waals surface area contributed by atoms with Gasteiger partial charge in [-0.05, 0) is 57.0 Å². The molecule has 1 atom stereocenters. The van der Waals surface area contributed by atoms with Crippen LogP contribution in [0.2, 0.25) is 0 Å². The van der Waals surface area contributed by atoms with E-state index in [9.17, 15) is 14.4 Å². The number of imide groups is 1. The van der Waals surface area contributed by atoms with Gasteiger partial charge in [0.25, 0.3) is 11.8 Å². The van der Waals surface area contributed by atoms with Gasteiger partial charge in [-0.1, -0.05) is 19.1 Å².